The Balaban J connectivity index is 0.00000112. The molecule has 0 spiro atoms. The molecule has 4 nitrogen and oxygen atoms in total. The molecule has 0 aromatic carbocycles. The van der Waals surface area contributed by atoms with Crippen LogP contribution in [0, 0.1) is 0 Å². The maximum atomic E-state index is 11.7. The number of carbonyl (C=O) groups is 1. The van der Waals surface area contributed by atoms with E-state index in [9.17, 15) is 4.79 Å². The monoisotopic (exact) mass is 233 g/mol. The molecule has 1 heterocycles. The predicted molar refractivity (Wildman–Crippen MR) is 62.2 cm³/mol. The van der Waals surface area contributed by atoms with Crippen LogP contribution in [-0.2, 0) is 0 Å². The van der Waals surface area contributed by atoms with Crippen molar-refractivity contribution in [3.05, 3.63) is 0 Å². The molecule has 2 rings (SSSR count). The van der Waals surface area contributed by atoms with Crippen molar-refractivity contribution in [2.45, 2.75) is 37.8 Å². The predicted octanol–water partition coefficient (Wildman–Crippen LogP) is 1.05. The van der Waals surface area contributed by atoms with Crippen LogP contribution in [0.1, 0.15) is 25.7 Å². The Labute approximate surface area is 97.2 Å². The summed E-state index contributed by atoms with van der Waals surface area (Å²) >= 11 is 0. The molecule has 2 amide bonds. The van der Waals surface area contributed by atoms with E-state index in [0.29, 0.717) is 12.1 Å². The first-order valence-corrected chi connectivity index (χ1v) is 5.46. The lowest BCUT2D eigenvalue weighted by atomic mass is 9.91. The fourth-order valence-electron chi connectivity index (χ4n) is 2.42. The highest BCUT2D eigenvalue weighted by Crippen LogP contribution is 2.24. The van der Waals surface area contributed by atoms with Gasteiger partial charge in [-0.25, -0.2) is 4.79 Å². The number of likely N-dealkylation sites (N-methyl/N-ethyl adjacent to an activating group) is 1. The van der Waals surface area contributed by atoms with E-state index in [1.54, 1.807) is 4.90 Å². The van der Waals surface area contributed by atoms with E-state index in [2.05, 4.69) is 0 Å². The molecule has 0 unspecified atom stereocenters. The Morgan fingerprint density at radius 2 is 1.80 bits per heavy atom. The van der Waals surface area contributed by atoms with Gasteiger partial charge in [-0.3, -0.25) is 0 Å². The molecule has 5 heteroatoms. The number of nitrogens with zero attached hydrogens (tertiary/aromatic N) is 2. The van der Waals surface area contributed by atoms with Gasteiger partial charge in [0.1, 0.15) is 0 Å². The number of halogens is 1. The van der Waals surface area contributed by atoms with Crippen LogP contribution in [0.5, 0.6) is 0 Å². The van der Waals surface area contributed by atoms with Crippen LogP contribution in [-0.4, -0.2) is 48.1 Å². The Bertz CT molecular complexity index is 229. The van der Waals surface area contributed by atoms with Gasteiger partial charge in [0.15, 0.2) is 0 Å². The molecule has 2 aliphatic rings. The van der Waals surface area contributed by atoms with Crippen LogP contribution in [0.4, 0.5) is 4.79 Å². The first-order chi connectivity index (χ1) is 6.68. The maximum Gasteiger partial charge on any atom is 0.320 e. The fraction of sp³-hybridized carbons (Fsp3) is 0.900. The smallest absolute Gasteiger partial charge is 0.320 e. The lowest BCUT2D eigenvalue weighted by molar-refractivity contribution is 0.164. The standard InChI is InChI=1S/C10H19N3O.ClH/c1-12-6-7-13(10(12)14)9-4-2-8(11)3-5-9;/h8-9H,2-7,11H2,1H3;1H/t8-,9+;. The second-order valence-corrected chi connectivity index (χ2v) is 4.47. The van der Waals surface area contributed by atoms with Crippen molar-refractivity contribution >= 4 is 18.4 Å². The molecule has 0 atom stereocenters. The van der Waals surface area contributed by atoms with E-state index in [0.717, 1.165) is 38.8 Å². The van der Waals surface area contributed by atoms with Crippen molar-refractivity contribution in [2.24, 2.45) is 5.73 Å². The average molecular weight is 234 g/mol. The van der Waals surface area contributed by atoms with Gasteiger partial charge in [0.25, 0.3) is 0 Å². The molecule has 1 aliphatic heterocycles. The van der Waals surface area contributed by atoms with Gasteiger partial charge in [0.2, 0.25) is 0 Å². The lowest BCUT2D eigenvalue weighted by Crippen LogP contribution is -2.42. The highest BCUT2D eigenvalue weighted by atomic mass is 35.5. The molecule has 2 N–H and O–H groups in total. The highest BCUT2D eigenvalue weighted by Gasteiger charge is 2.33. The van der Waals surface area contributed by atoms with Crippen molar-refractivity contribution in [3.8, 4) is 0 Å². The summed E-state index contributed by atoms with van der Waals surface area (Å²) in [5.74, 6) is 0. The van der Waals surface area contributed by atoms with Crippen LogP contribution in [0.15, 0.2) is 0 Å². The summed E-state index contributed by atoms with van der Waals surface area (Å²) in [6, 6.07) is 1.01. The van der Waals surface area contributed by atoms with E-state index < -0.39 is 0 Å². The van der Waals surface area contributed by atoms with Gasteiger partial charge in [-0.05, 0) is 25.7 Å². The second-order valence-electron chi connectivity index (χ2n) is 4.47. The van der Waals surface area contributed by atoms with Crippen LogP contribution in [0.25, 0.3) is 0 Å². The molecule has 88 valence electrons. The van der Waals surface area contributed by atoms with Crippen molar-refractivity contribution in [2.75, 3.05) is 20.1 Å². The number of amides is 2. The molecule has 2 fully saturated rings. The highest BCUT2D eigenvalue weighted by molar-refractivity contribution is 5.85. The van der Waals surface area contributed by atoms with Gasteiger partial charge in [0, 0.05) is 32.2 Å². The normalized spacial score (nSPS) is 31.7. The third kappa shape index (κ3) is 2.55. The van der Waals surface area contributed by atoms with Crippen molar-refractivity contribution in [1.82, 2.24) is 9.80 Å². The molecule has 0 radical (unpaired) electrons. The van der Waals surface area contributed by atoms with Gasteiger partial charge >= 0.3 is 6.03 Å². The lowest BCUT2D eigenvalue weighted by Gasteiger charge is -2.32. The van der Waals surface area contributed by atoms with E-state index >= 15 is 0 Å². The van der Waals surface area contributed by atoms with Gasteiger partial charge in [-0.1, -0.05) is 0 Å². The van der Waals surface area contributed by atoms with Crippen LogP contribution < -0.4 is 5.73 Å². The minimum atomic E-state index is 0. The zero-order valence-corrected chi connectivity index (χ0v) is 10.0. The van der Waals surface area contributed by atoms with Crippen LogP contribution in [0.2, 0.25) is 0 Å². The molecule has 1 saturated heterocycles. The van der Waals surface area contributed by atoms with Gasteiger partial charge in [-0.2, -0.15) is 0 Å². The first kappa shape index (κ1) is 12.6. The zero-order valence-electron chi connectivity index (χ0n) is 9.19. The number of rotatable bonds is 1. The molecule has 15 heavy (non-hydrogen) atoms. The van der Waals surface area contributed by atoms with Gasteiger partial charge in [0.05, 0.1) is 0 Å². The number of hydrogen-bond donors (Lipinski definition) is 1. The Morgan fingerprint density at radius 1 is 1.20 bits per heavy atom. The maximum absolute atomic E-state index is 11.7. The van der Waals surface area contributed by atoms with E-state index in [1.165, 1.54) is 0 Å². The largest absolute Gasteiger partial charge is 0.328 e. The third-order valence-corrected chi connectivity index (χ3v) is 3.43. The van der Waals surface area contributed by atoms with Gasteiger partial charge < -0.3 is 15.5 Å². The molecule has 0 aromatic rings. The number of carbonyl (C=O) groups excluding carboxylic acids is 1. The molecular weight excluding hydrogens is 214 g/mol. The third-order valence-electron chi connectivity index (χ3n) is 3.43. The van der Waals surface area contributed by atoms with Crippen LogP contribution in [0.3, 0.4) is 0 Å². The minimum Gasteiger partial charge on any atom is -0.328 e. The number of urea groups is 1. The summed E-state index contributed by atoms with van der Waals surface area (Å²) in [4.78, 5) is 15.5. The van der Waals surface area contributed by atoms with Crippen molar-refractivity contribution in [3.63, 3.8) is 0 Å². The topological polar surface area (TPSA) is 49.6 Å². The Morgan fingerprint density at radius 3 is 2.27 bits per heavy atom. The fourth-order valence-corrected chi connectivity index (χ4v) is 2.42. The Kier molecular flexibility index (Phi) is 4.22. The second kappa shape index (κ2) is 5.03. The first-order valence-electron chi connectivity index (χ1n) is 5.46. The molecule has 1 saturated carbocycles. The molecule has 0 bridgehead atoms. The summed E-state index contributed by atoms with van der Waals surface area (Å²) in [7, 11) is 1.87. The van der Waals surface area contributed by atoms with E-state index in [4.69, 9.17) is 5.73 Å². The summed E-state index contributed by atoms with van der Waals surface area (Å²) in [5.41, 5.74) is 5.84. The number of nitrogens with two attached hydrogens (primary N) is 1. The molecule has 1 aliphatic carbocycles. The number of hydrogen-bond acceptors (Lipinski definition) is 2. The van der Waals surface area contributed by atoms with Crippen LogP contribution >= 0.6 is 12.4 Å². The van der Waals surface area contributed by atoms with Crippen molar-refractivity contribution < 1.29 is 4.79 Å². The average Bonchev–Trinajstić information content (AvgIpc) is 2.50. The summed E-state index contributed by atoms with van der Waals surface area (Å²) in [6.07, 6.45) is 4.30. The summed E-state index contributed by atoms with van der Waals surface area (Å²) in [6.45, 7) is 1.77. The zero-order chi connectivity index (χ0) is 10.1. The Hall–Kier alpha value is -0.480. The van der Waals surface area contributed by atoms with Crippen molar-refractivity contribution in [1.29, 1.82) is 0 Å². The van der Waals surface area contributed by atoms with E-state index in [-0.39, 0.29) is 18.4 Å². The SMILES string of the molecule is CN1CCN([C@H]2CC[C@@H](N)CC2)C1=O.Cl. The minimum absolute atomic E-state index is 0. The quantitative estimate of drug-likeness (QED) is 0.736. The van der Waals surface area contributed by atoms with Gasteiger partial charge in [-0.15, -0.1) is 12.4 Å². The van der Waals surface area contributed by atoms with E-state index in [1.807, 2.05) is 11.9 Å². The summed E-state index contributed by atoms with van der Waals surface area (Å²) in [5, 5.41) is 0. The molecular formula is C10H20ClN3O. The summed E-state index contributed by atoms with van der Waals surface area (Å²) < 4.78 is 0. The molecule has 0 aromatic heterocycles.